The SMILES string of the molecule is COCCOc1nc(N)c2ncn(CCCC(=O)O)c2n1. The molecule has 2 aromatic heterocycles. The van der Waals surface area contributed by atoms with Crippen LogP contribution in [0, 0.1) is 0 Å². The molecule has 114 valence electrons. The number of nitrogens with two attached hydrogens (primary N) is 1. The van der Waals surface area contributed by atoms with Crippen LogP contribution in [0.2, 0.25) is 0 Å². The smallest absolute Gasteiger partial charge is 0.320 e. The predicted octanol–water partition coefficient (Wildman–Crippen LogP) is 0.298. The van der Waals surface area contributed by atoms with Gasteiger partial charge in [-0.3, -0.25) is 4.79 Å². The van der Waals surface area contributed by atoms with Gasteiger partial charge < -0.3 is 24.9 Å². The highest BCUT2D eigenvalue weighted by atomic mass is 16.5. The molecule has 0 saturated carbocycles. The highest BCUT2D eigenvalue weighted by Gasteiger charge is 2.12. The van der Waals surface area contributed by atoms with Crippen molar-refractivity contribution in [3.8, 4) is 6.01 Å². The van der Waals surface area contributed by atoms with Crippen molar-refractivity contribution in [2.24, 2.45) is 0 Å². The summed E-state index contributed by atoms with van der Waals surface area (Å²) < 4.78 is 12.0. The molecular weight excluding hydrogens is 278 g/mol. The molecule has 2 heterocycles. The van der Waals surface area contributed by atoms with Crippen molar-refractivity contribution in [3.63, 3.8) is 0 Å². The number of anilines is 1. The number of hydrogen-bond acceptors (Lipinski definition) is 7. The van der Waals surface area contributed by atoms with Crippen molar-refractivity contribution < 1.29 is 19.4 Å². The number of nitrogens with zero attached hydrogens (tertiary/aromatic N) is 4. The maximum Gasteiger partial charge on any atom is 0.320 e. The van der Waals surface area contributed by atoms with E-state index in [0.717, 1.165) is 0 Å². The number of carbonyl (C=O) groups is 1. The van der Waals surface area contributed by atoms with Gasteiger partial charge in [-0.2, -0.15) is 9.97 Å². The number of ether oxygens (including phenoxy) is 2. The molecule has 0 unspecified atom stereocenters. The Balaban J connectivity index is 2.16. The molecule has 0 bridgehead atoms. The van der Waals surface area contributed by atoms with E-state index in [4.69, 9.17) is 20.3 Å². The molecule has 9 nitrogen and oxygen atoms in total. The lowest BCUT2D eigenvalue weighted by Gasteiger charge is -2.06. The summed E-state index contributed by atoms with van der Waals surface area (Å²) in [6.45, 7) is 1.21. The molecule has 0 aliphatic carbocycles. The van der Waals surface area contributed by atoms with E-state index in [9.17, 15) is 4.79 Å². The van der Waals surface area contributed by atoms with Crippen LogP contribution in [-0.2, 0) is 16.1 Å². The van der Waals surface area contributed by atoms with Crippen molar-refractivity contribution in [1.29, 1.82) is 0 Å². The Morgan fingerprint density at radius 2 is 2.24 bits per heavy atom. The van der Waals surface area contributed by atoms with Gasteiger partial charge in [-0.15, -0.1) is 0 Å². The molecular formula is C12H17N5O4. The summed E-state index contributed by atoms with van der Waals surface area (Å²) in [4.78, 5) is 22.9. The second-order valence-electron chi connectivity index (χ2n) is 4.34. The zero-order chi connectivity index (χ0) is 15.2. The van der Waals surface area contributed by atoms with Gasteiger partial charge in [-0.1, -0.05) is 0 Å². The number of aromatic nitrogens is 4. The number of hydrogen-bond donors (Lipinski definition) is 2. The summed E-state index contributed by atoms with van der Waals surface area (Å²) in [6, 6.07) is 0.150. The van der Waals surface area contributed by atoms with Gasteiger partial charge >= 0.3 is 12.0 Å². The summed E-state index contributed by atoms with van der Waals surface area (Å²) >= 11 is 0. The van der Waals surface area contributed by atoms with Crippen LogP contribution in [0.1, 0.15) is 12.8 Å². The third kappa shape index (κ3) is 3.78. The average molecular weight is 295 g/mol. The maximum absolute atomic E-state index is 10.5. The van der Waals surface area contributed by atoms with E-state index in [2.05, 4.69) is 15.0 Å². The molecule has 21 heavy (non-hydrogen) atoms. The Labute approximate surface area is 120 Å². The molecule has 0 amide bonds. The molecule has 0 atom stereocenters. The van der Waals surface area contributed by atoms with E-state index in [1.807, 2.05) is 0 Å². The minimum Gasteiger partial charge on any atom is -0.481 e. The van der Waals surface area contributed by atoms with Crippen molar-refractivity contribution in [2.75, 3.05) is 26.1 Å². The van der Waals surface area contributed by atoms with E-state index in [1.54, 1.807) is 18.0 Å². The van der Waals surface area contributed by atoms with Crippen molar-refractivity contribution in [2.45, 2.75) is 19.4 Å². The second-order valence-corrected chi connectivity index (χ2v) is 4.34. The monoisotopic (exact) mass is 295 g/mol. The summed E-state index contributed by atoms with van der Waals surface area (Å²) in [5.41, 5.74) is 6.82. The molecule has 0 aromatic carbocycles. The molecule has 0 aliphatic rings. The molecule has 3 N–H and O–H groups in total. The van der Waals surface area contributed by atoms with Gasteiger partial charge in [0.25, 0.3) is 0 Å². The fourth-order valence-electron chi connectivity index (χ4n) is 1.79. The highest BCUT2D eigenvalue weighted by Crippen LogP contribution is 2.19. The van der Waals surface area contributed by atoms with Crippen LogP contribution < -0.4 is 10.5 Å². The minimum absolute atomic E-state index is 0.0808. The lowest BCUT2D eigenvalue weighted by molar-refractivity contribution is -0.137. The third-order valence-electron chi connectivity index (χ3n) is 2.78. The molecule has 0 aliphatic heterocycles. The van der Waals surface area contributed by atoms with Gasteiger partial charge in [-0.25, -0.2) is 4.98 Å². The number of aryl methyl sites for hydroxylation is 1. The summed E-state index contributed by atoms with van der Waals surface area (Å²) in [7, 11) is 1.57. The Bertz CT molecular complexity index is 627. The highest BCUT2D eigenvalue weighted by molar-refractivity contribution is 5.81. The first-order valence-electron chi connectivity index (χ1n) is 6.43. The number of nitrogen functional groups attached to an aromatic ring is 1. The third-order valence-corrected chi connectivity index (χ3v) is 2.78. The molecule has 0 saturated heterocycles. The first kappa shape index (κ1) is 15.0. The largest absolute Gasteiger partial charge is 0.481 e. The number of carboxylic acids is 1. The van der Waals surface area contributed by atoms with Gasteiger partial charge in [0.2, 0.25) is 0 Å². The fourth-order valence-corrected chi connectivity index (χ4v) is 1.79. The number of imidazole rings is 1. The average Bonchev–Trinajstić information content (AvgIpc) is 2.83. The summed E-state index contributed by atoms with van der Waals surface area (Å²) in [5.74, 6) is -0.610. The molecule has 0 radical (unpaired) electrons. The van der Waals surface area contributed by atoms with Crippen molar-refractivity contribution >= 4 is 23.0 Å². The molecule has 9 heteroatoms. The lowest BCUT2D eigenvalue weighted by Crippen LogP contribution is -2.09. The Morgan fingerprint density at radius 3 is 2.95 bits per heavy atom. The zero-order valence-electron chi connectivity index (χ0n) is 11.7. The van der Waals surface area contributed by atoms with E-state index in [0.29, 0.717) is 37.3 Å². The number of rotatable bonds is 8. The predicted molar refractivity (Wildman–Crippen MR) is 74.0 cm³/mol. The lowest BCUT2D eigenvalue weighted by atomic mass is 10.3. The standard InChI is InChI=1S/C12H17N5O4/c1-20-5-6-21-12-15-10(13)9-11(16-12)17(7-14-9)4-2-3-8(18)19/h7H,2-6H2,1H3,(H,18,19)(H2,13,15,16). The number of aliphatic carboxylic acids is 1. The number of carboxylic acid groups (broad SMARTS) is 1. The zero-order valence-corrected chi connectivity index (χ0v) is 11.7. The van der Waals surface area contributed by atoms with E-state index in [-0.39, 0.29) is 18.2 Å². The van der Waals surface area contributed by atoms with Crippen LogP contribution in [-0.4, -0.2) is 50.9 Å². The van der Waals surface area contributed by atoms with Crippen LogP contribution in [0.5, 0.6) is 6.01 Å². The van der Waals surface area contributed by atoms with Gasteiger partial charge in [0.05, 0.1) is 12.9 Å². The topological polar surface area (TPSA) is 125 Å². The van der Waals surface area contributed by atoms with Crippen LogP contribution >= 0.6 is 0 Å². The number of methoxy groups -OCH3 is 1. The van der Waals surface area contributed by atoms with Crippen LogP contribution in [0.25, 0.3) is 11.2 Å². The normalized spacial score (nSPS) is 10.9. The van der Waals surface area contributed by atoms with E-state index in [1.165, 1.54) is 0 Å². The second kappa shape index (κ2) is 6.84. The van der Waals surface area contributed by atoms with Gasteiger partial charge in [0.1, 0.15) is 12.1 Å². The molecule has 0 spiro atoms. The minimum atomic E-state index is -0.836. The Morgan fingerprint density at radius 1 is 1.43 bits per heavy atom. The Kier molecular flexibility index (Phi) is 4.88. The van der Waals surface area contributed by atoms with Crippen LogP contribution in [0.15, 0.2) is 6.33 Å². The quantitative estimate of drug-likeness (QED) is 0.666. The Hall–Kier alpha value is -2.42. The fraction of sp³-hybridized carbons (Fsp3) is 0.500. The van der Waals surface area contributed by atoms with Gasteiger partial charge in [-0.05, 0) is 6.42 Å². The maximum atomic E-state index is 10.5. The van der Waals surface area contributed by atoms with Gasteiger partial charge in [0, 0.05) is 20.1 Å². The van der Waals surface area contributed by atoms with Crippen LogP contribution in [0.4, 0.5) is 5.82 Å². The molecule has 2 rings (SSSR count). The summed E-state index contributed by atoms with van der Waals surface area (Å²) in [6.07, 6.45) is 2.12. The van der Waals surface area contributed by atoms with Crippen molar-refractivity contribution in [3.05, 3.63) is 6.33 Å². The van der Waals surface area contributed by atoms with E-state index >= 15 is 0 Å². The summed E-state index contributed by atoms with van der Waals surface area (Å²) in [5, 5.41) is 8.66. The van der Waals surface area contributed by atoms with E-state index < -0.39 is 5.97 Å². The van der Waals surface area contributed by atoms with Gasteiger partial charge in [0.15, 0.2) is 11.5 Å². The first-order valence-corrected chi connectivity index (χ1v) is 6.43. The molecule has 2 aromatic rings. The number of fused-ring (bicyclic) bond motifs is 1. The van der Waals surface area contributed by atoms with Crippen molar-refractivity contribution in [1.82, 2.24) is 19.5 Å². The van der Waals surface area contributed by atoms with Crippen LogP contribution in [0.3, 0.4) is 0 Å². The first-order chi connectivity index (χ1) is 10.1. The molecule has 0 fully saturated rings.